The lowest BCUT2D eigenvalue weighted by Crippen LogP contribution is -2.21. The summed E-state index contributed by atoms with van der Waals surface area (Å²) in [7, 11) is -2.47. The first-order valence-corrected chi connectivity index (χ1v) is 13.0. The lowest BCUT2D eigenvalue weighted by molar-refractivity contribution is 0.102. The number of anilines is 2. The summed E-state index contributed by atoms with van der Waals surface area (Å²) in [5.74, 6) is -0.120. The third kappa shape index (κ3) is 4.57. The van der Waals surface area contributed by atoms with E-state index >= 15 is 0 Å². The van der Waals surface area contributed by atoms with Gasteiger partial charge in [-0.15, -0.1) is 11.3 Å². The molecule has 2 aromatic carbocycles. The maximum Gasteiger partial charge on any atom is 0.263 e. The van der Waals surface area contributed by atoms with Gasteiger partial charge in [0.05, 0.1) is 17.4 Å². The second-order valence-corrected chi connectivity index (χ2v) is 10.4. The number of methoxy groups -OCH3 is 1. The fourth-order valence-electron chi connectivity index (χ4n) is 3.74. The van der Waals surface area contributed by atoms with Crippen LogP contribution in [-0.2, 0) is 10.0 Å². The monoisotopic (exact) mass is 538 g/mol. The lowest BCUT2D eigenvalue weighted by Gasteiger charge is -2.11. The normalized spacial score (nSPS) is 11.5. The highest BCUT2D eigenvalue weighted by atomic mass is 32.2. The van der Waals surface area contributed by atoms with E-state index in [0.717, 1.165) is 11.3 Å². The number of nitrogens with one attached hydrogen (secondary N) is 3. The van der Waals surface area contributed by atoms with Crippen molar-refractivity contribution >= 4 is 60.0 Å². The first kappa shape index (κ1) is 24.2. The molecule has 3 aromatic heterocycles. The Morgan fingerprint density at radius 1 is 1.11 bits per heavy atom. The average molecular weight is 539 g/mol. The third-order valence-corrected chi connectivity index (χ3v) is 7.54. The summed E-state index contributed by atoms with van der Waals surface area (Å²) >= 11 is 1.14. The number of carbonyl (C=O) groups is 1. The van der Waals surface area contributed by atoms with Crippen molar-refractivity contribution in [2.24, 2.45) is 0 Å². The molecular formula is C24H18N4O7S2. The zero-order valence-corrected chi connectivity index (χ0v) is 21.0. The molecule has 3 N–H and O–H groups in total. The molecule has 0 spiro atoms. The minimum absolute atomic E-state index is 0.0201. The minimum Gasteiger partial charge on any atom is -0.495 e. The number of benzene rings is 2. The van der Waals surface area contributed by atoms with Crippen molar-refractivity contribution in [2.75, 3.05) is 17.1 Å². The highest BCUT2D eigenvalue weighted by Crippen LogP contribution is 2.33. The predicted octanol–water partition coefficient (Wildman–Crippen LogP) is 3.85. The Bertz CT molecular complexity index is 1890. The SMILES string of the molecule is COc1c2cc(C(=O)Nc3ccc(S(=O)(=O)Nc4nccs4)cc3)c(=N)oc2cc2oc(C)cc(=O)c12. The van der Waals surface area contributed by atoms with E-state index in [1.807, 2.05) is 0 Å². The van der Waals surface area contributed by atoms with Crippen LogP contribution in [0.1, 0.15) is 16.1 Å². The van der Waals surface area contributed by atoms with Crippen molar-refractivity contribution in [1.82, 2.24) is 4.98 Å². The Balaban J connectivity index is 1.47. The molecule has 5 rings (SSSR count). The number of sulfonamides is 1. The van der Waals surface area contributed by atoms with E-state index in [1.165, 1.54) is 55.8 Å². The van der Waals surface area contributed by atoms with Crippen LogP contribution in [0, 0.1) is 12.3 Å². The van der Waals surface area contributed by atoms with Gasteiger partial charge in [-0.25, -0.2) is 13.4 Å². The number of hydrogen-bond donors (Lipinski definition) is 3. The van der Waals surface area contributed by atoms with Crippen molar-refractivity contribution in [1.29, 1.82) is 5.41 Å². The summed E-state index contributed by atoms with van der Waals surface area (Å²) in [6.07, 6.45) is 1.48. The van der Waals surface area contributed by atoms with Gasteiger partial charge in [0.15, 0.2) is 10.6 Å². The zero-order valence-electron chi connectivity index (χ0n) is 19.3. The number of amides is 1. The molecule has 0 fully saturated rings. The molecule has 0 radical (unpaired) electrons. The molecule has 5 aromatic rings. The molecule has 0 saturated carbocycles. The molecule has 3 heterocycles. The molecule has 188 valence electrons. The van der Waals surface area contributed by atoms with Gasteiger partial charge >= 0.3 is 0 Å². The number of rotatable bonds is 6. The Morgan fingerprint density at radius 3 is 2.54 bits per heavy atom. The summed E-state index contributed by atoms with van der Waals surface area (Å²) in [5, 5.41) is 13.2. The van der Waals surface area contributed by atoms with E-state index in [2.05, 4.69) is 15.0 Å². The molecule has 0 aliphatic carbocycles. The summed E-state index contributed by atoms with van der Waals surface area (Å²) in [5.41, 5.74) is -0.148. The van der Waals surface area contributed by atoms with Crippen LogP contribution in [0.3, 0.4) is 0 Å². The fraction of sp³-hybridized carbons (Fsp3) is 0.0833. The Hall–Kier alpha value is -4.49. The number of fused-ring (bicyclic) bond motifs is 2. The van der Waals surface area contributed by atoms with Gasteiger partial charge in [-0.1, -0.05) is 0 Å². The van der Waals surface area contributed by atoms with Crippen LogP contribution in [0.15, 0.2) is 72.6 Å². The van der Waals surface area contributed by atoms with Gasteiger partial charge in [0, 0.05) is 29.4 Å². The van der Waals surface area contributed by atoms with E-state index in [4.69, 9.17) is 19.0 Å². The Labute approximate surface area is 212 Å². The van der Waals surface area contributed by atoms with E-state index in [-0.39, 0.29) is 43.3 Å². The van der Waals surface area contributed by atoms with Gasteiger partial charge in [-0.3, -0.25) is 19.7 Å². The lowest BCUT2D eigenvalue weighted by atomic mass is 10.1. The van der Waals surface area contributed by atoms with Gasteiger partial charge in [0.2, 0.25) is 5.55 Å². The summed E-state index contributed by atoms with van der Waals surface area (Å²) in [6.45, 7) is 1.64. The number of ether oxygens (including phenoxy) is 1. The van der Waals surface area contributed by atoms with Crippen LogP contribution < -0.4 is 25.8 Å². The fourth-order valence-corrected chi connectivity index (χ4v) is 5.53. The molecule has 0 bridgehead atoms. The number of aromatic nitrogens is 1. The van der Waals surface area contributed by atoms with Crippen molar-refractivity contribution in [3.05, 3.63) is 81.1 Å². The van der Waals surface area contributed by atoms with Crippen LogP contribution in [0.5, 0.6) is 5.75 Å². The van der Waals surface area contributed by atoms with Crippen LogP contribution in [-0.4, -0.2) is 26.4 Å². The molecular weight excluding hydrogens is 520 g/mol. The van der Waals surface area contributed by atoms with Crippen molar-refractivity contribution in [3.8, 4) is 5.75 Å². The van der Waals surface area contributed by atoms with E-state index in [1.54, 1.807) is 12.3 Å². The third-order valence-electron chi connectivity index (χ3n) is 5.37. The van der Waals surface area contributed by atoms with E-state index in [0.29, 0.717) is 16.8 Å². The van der Waals surface area contributed by atoms with Gasteiger partial charge in [0.1, 0.15) is 33.6 Å². The van der Waals surface area contributed by atoms with Gasteiger partial charge in [-0.2, -0.15) is 0 Å². The molecule has 0 unspecified atom stereocenters. The molecule has 1 amide bonds. The summed E-state index contributed by atoms with van der Waals surface area (Å²) < 4.78 is 44.0. The number of aryl methyl sites for hydroxylation is 1. The van der Waals surface area contributed by atoms with Gasteiger partial charge in [0.25, 0.3) is 15.9 Å². The Morgan fingerprint density at radius 2 is 1.86 bits per heavy atom. The van der Waals surface area contributed by atoms with Crippen molar-refractivity contribution < 1.29 is 26.8 Å². The highest BCUT2D eigenvalue weighted by molar-refractivity contribution is 7.93. The van der Waals surface area contributed by atoms with Gasteiger partial charge < -0.3 is 18.9 Å². The molecule has 0 atom stereocenters. The van der Waals surface area contributed by atoms with Crippen LogP contribution in [0.2, 0.25) is 0 Å². The number of carbonyl (C=O) groups excluding carboxylic acids is 1. The second-order valence-electron chi connectivity index (χ2n) is 7.83. The van der Waals surface area contributed by atoms with Crippen LogP contribution in [0.25, 0.3) is 21.9 Å². The maximum absolute atomic E-state index is 13.0. The molecule has 13 heteroatoms. The van der Waals surface area contributed by atoms with Crippen LogP contribution >= 0.6 is 11.3 Å². The van der Waals surface area contributed by atoms with E-state index < -0.39 is 21.5 Å². The number of thiazole rings is 1. The maximum atomic E-state index is 13.0. The minimum atomic E-state index is -3.85. The molecule has 11 nitrogen and oxygen atoms in total. The van der Waals surface area contributed by atoms with Crippen molar-refractivity contribution in [3.63, 3.8) is 0 Å². The van der Waals surface area contributed by atoms with Gasteiger partial charge in [-0.05, 0) is 37.3 Å². The van der Waals surface area contributed by atoms with Crippen LogP contribution in [0.4, 0.5) is 10.8 Å². The summed E-state index contributed by atoms with van der Waals surface area (Å²) in [6, 6.07) is 9.68. The topological polar surface area (TPSA) is 165 Å². The smallest absolute Gasteiger partial charge is 0.263 e. The van der Waals surface area contributed by atoms with E-state index in [9.17, 15) is 18.0 Å². The first-order chi connectivity index (χ1) is 17.7. The zero-order chi connectivity index (χ0) is 26.3. The highest BCUT2D eigenvalue weighted by Gasteiger charge is 2.20. The standard InChI is InChI=1S/C24H18N4O7S2/c1-12-9-17(29)20-19(34-12)11-18-15(21(20)33-2)10-16(22(25)35-18)23(30)27-13-3-5-14(6-4-13)37(31,32)28-24-26-7-8-36-24/h3-11,25H,1-2H3,(H,26,28)(H,27,30). The number of nitrogens with zero attached hydrogens (tertiary/aromatic N) is 1. The Kier molecular flexibility index (Phi) is 6.01. The number of hydrogen-bond acceptors (Lipinski definition) is 10. The molecule has 0 saturated heterocycles. The first-order valence-electron chi connectivity index (χ1n) is 10.6. The second kappa shape index (κ2) is 9.19. The van der Waals surface area contributed by atoms with Crippen molar-refractivity contribution in [2.45, 2.75) is 11.8 Å². The summed E-state index contributed by atoms with van der Waals surface area (Å²) in [4.78, 5) is 29.5. The molecule has 0 aliphatic heterocycles. The largest absolute Gasteiger partial charge is 0.495 e. The average Bonchev–Trinajstić information content (AvgIpc) is 3.34. The quantitative estimate of drug-likeness (QED) is 0.274. The predicted molar refractivity (Wildman–Crippen MR) is 137 cm³/mol. The molecule has 0 aliphatic rings. The molecule has 37 heavy (non-hydrogen) atoms.